The van der Waals surface area contributed by atoms with Gasteiger partial charge in [-0.25, -0.2) is 4.79 Å². The molecule has 1 aliphatic heterocycles. The summed E-state index contributed by atoms with van der Waals surface area (Å²) in [5.41, 5.74) is 0.0456. The van der Waals surface area contributed by atoms with Crippen LogP contribution in [0, 0.1) is 0 Å². The molecule has 4 nitrogen and oxygen atoms in total. The smallest absolute Gasteiger partial charge is 0.329 e. The summed E-state index contributed by atoms with van der Waals surface area (Å²) in [5, 5.41) is 0. The van der Waals surface area contributed by atoms with E-state index >= 15 is 0 Å². The predicted octanol–water partition coefficient (Wildman–Crippen LogP) is 3.40. The third-order valence-electron chi connectivity index (χ3n) is 3.26. The van der Waals surface area contributed by atoms with E-state index < -0.39 is 11.6 Å². The number of ether oxygens (including phenoxy) is 1. The van der Waals surface area contributed by atoms with Gasteiger partial charge in [0.15, 0.2) is 0 Å². The number of likely N-dealkylation sites (tertiary alicyclic amines) is 1. The van der Waals surface area contributed by atoms with Crippen molar-refractivity contribution in [1.82, 2.24) is 4.90 Å². The van der Waals surface area contributed by atoms with Gasteiger partial charge in [0.25, 0.3) is 5.91 Å². The number of amides is 1. The third-order valence-corrected chi connectivity index (χ3v) is 3.76. The van der Waals surface area contributed by atoms with Crippen molar-refractivity contribution in [3.63, 3.8) is 0 Å². The molecule has 114 valence electrons. The number of hydrogen-bond acceptors (Lipinski definition) is 3. The predicted molar refractivity (Wildman–Crippen MR) is 84.0 cm³/mol. The quantitative estimate of drug-likeness (QED) is 0.765. The van der Waals surface area contributed by atoms with Crippen molar-refractivity contribution < 1.29 is 14.3 Å². The Morgan fingerprint density at radius 2 is 2.05 bits per heavy atom. The van der Waals surface area contributed by atoms with Gasteiger partial charge in [-0.2, -0.15) is 0 Å². The van der Waals surface area contributed by atoms with Crippen molar-refractivity contribution in [2.24, 2.45) is 0 Å². The van der Waals surface area contributed by atoms with E-state index in [9.17, 15) is 9.59 Å². The molecule has 1 saturated heterocycles. The van der Waals surface area contributed by atoms with Crippen LogP contribution in [-0.4, -0.2) is 35.0 Å². The first kappa shape index (κ1) is 16.0. The summed E-state index contributed by atoms with van der Waals surface area (Å²) in [6.07, 6.45) is 1.48. The first-order valence-corrected chi connectivity index (χ1v) is 7.86. The highest BCUT2D eigenvalue weighted by molar-refractivity contribution is 9.10. The van der Waals surface area contributed by atoms with Crippen LogP contribution in [0.15, 0.2) is 28.7 Å². The number of rotatable bonds is 2. The Kier molecular flexibility index (Phi) is 4.71. The van der Waals surface area contributed by atoms with Crippen LogP contribution in [0.3, 0.4) is 0 Å². The topological polar surface area (TPSA) is 46.6 Å². The maximum Gasteiger partial charge on any atom is 0.329 e. The zero-order valence-electron chi connectivity index (χ0n) is 12.6. The van der Waals surface area contributed by atoms with Crippen LogP contribution in [0.4, 0.5) is 0 Å². The van der Waals surface area contributed by atoms with E-state index in [1.54, 1.807) is 17.0 Å². The second-order valence-electron chi connectivity index (χ2n) is 6.20. The van der Waals surface area contributed by atoms with Crippen molar-refractivity contribution in [3.05, 3.63) is 34.3 Å². The molecular formula is C16H20BrNO3. The molecule has 1 aromatic carbocycles. The van der Waals surface area contributed by atoms with E-state index in [0.717, 1.165) is 10.9 Å². The summed E-state index contributed by atoms with van der Waals surface area (Å²) in [5.74, 6) is -0.437. The highest BCUT2D eigenvalue weighted by Crippen LogP contribution is 2.24. The van der Waals surface area contributed by atoms with Crippen LogP contribution < -0.4 is 0 Å². The lowest BCUT2D eigenvalue weighted by atomic mass is 10.1. The standard InChI is InChI=1S/C16H20BrNO3/c1-16(2,3)21-15(20)13-8-5-9-18(13)14(19)11-6-4-7-12(17)10-11/h4,6-7,10,13H,5,8-9H2,1-3H3/t13-/m1/s1. The Morgan fingerprint density at radius 3 is 2.67 bits per heavy atom. The molecule has 0 radical (unpaired) electrons. The van der Waals surface area contributed by atoms with Gasteiger partial charge >= 0.3 is 5.97 Å². The zero-order chi connectivity index (χ0) is 15.6. The second kappa shape index (κ2) is 6.18. The molecule has 1 heterocycles. The van der Waals surface area contributed by atoms with Gasteiger partial charge in [-0.1, -0.05) is 22.0 Å². The van der Waals surface area contributed by atoms with Crippen LogP contribution >= 0.6 is 15.9 Å². The van der Waals surface area contributed by atoms with Gasteiger partial charge in [0.05, 0.1) is 0 Å². The number of hydrogen-bond donors (Lipinski definition) is 0. The van der Waals surface area contributed by atoms with Crippen molar-refractivity contribution in [2.75, 3.05) is 6.54 Å². The number of esters is 1. The normalized spacial score (nSPS) is 18.7. The van der Waals surface area contributed by atoms with Crippen LogP contribution in [0.1, 0.15) is 44.0 Å². The Bertz CT molecular complexity index is 551. The molecule has 2 rings (SSSR count). The molecule has 1 atom stereocenters. The van der Waals surface area contributed by atoms with E-state index in [4.69, 9.17) is 4.74 Å². The molecule has 21 heavy (non-hydrogen) atoms. The molecule has 0 aromatic heterocycles. The highest BCUT2D eigenvalue weighted by Gasteiger charge is 2.37. The van der Waals surface area contributed by atoms with Gasteiger partial charge in [0.1, 0.15) is 11.6 Å². The molecule has 1 aliphatic rings. The number of carbonyl (C=O) groups is 2. The van der Waals surface area contributed by atoms with Crippen molar-refractivity contribution in [2.45, 2.75) is 45.3 Å². The fraction of sp³-hybridized carbons (Fsp3) is 0.500. The van der Waals surface area contributed by atoms with Crippen LogP contribution in [0.25, 0.3) is 0 Å². The molecule has 0 N–H and O–H groups in total. The third kappa shape index (κ3) is 4.06. The monoisotopic (exact) mass is 353 g/mol. The van der Waals surface area contributed by atoms with Crippen LogP contribution in [0.2, 0.25) is 0 Å². The van der Waals surface area contributed by atoms with Gasteiger partial charge in [-0.05, 0) is 51.8 Å². The summed E-state index contributed by atoms with van der Waals surface area (Å²) in [6, 6.07) is 6.74. The number of halogens is 1. The van der Waals surface area contributed by atoms with Crippen molar-refractivity contribution in [3.8, 4) is 0 Å². The number of nitrogens with zero attached hydrogens (tertiary/aromatic N) is 1. The summed E-state index contributed by atoms with van der Waals surface area (Å²) in [7, 11) is 0. The Hall–Kier alpha value is -1.36. The van der Waals surface area contributed by atoms with E-state index in [-0.39, 0.29) is 11.9 Å². The average Bonchev–Trinajstić information content (AvgIpc) is 2.85. The minimum atomic E-state index is -0.538. The summed E-state index contributed by atoms with van der Waals surface area (Å²) in [6.45, 7) is 6.09. The first-order chi connectivity index (χ1) is 9.78. The average molecular weight is 354 g/mol. The maximum atomic E-state index is 12.6. The van der Waals surface area contributed by atoms with Gasteiger partial charge in [0, 0.05) is 16.6 Å². The molecule has 1 fully saturated rings. The van der Waals surface area contributed by atoms with Crippen molar-refractivity contribution >= 4 is 27.8 Å². The maximum absolute atomic E-state index is 12.6. The minimum absolute atomic E-state index is 0.121. The van der Waals surface area contributed by atoms with Gasteiger partial charge in [-0.3, -0.25) is 4.79 Å². The van der Waals surface area contributed by atoms with E-state index in [0.29, 0.717) is 18.5 Å². The molecule has 1 amide bonds. The molecule has 1 aromatic rings. The fourth-order valence-corrected chi connectivity index (χ4v) is 2.81. The van der Waals surface area contributed by atoms with Crippen LogP contribution in [0.5, 0.6) is 0 Å². The molecule has 5 heteroatoms. The highest BCUT2D eigenvalue weighted by atomic mass is 79.9. The first-order valence-electron chi connectivity index (χ1n) is 7.07. The fourth-order valence-electron chi connectivity index (χ4n) is 2.41. The summed E-state index contributed by atoms with van der Waals surface area (Å²) >= 11 is 3.36. The molecule has 0 aliphatic carbocycles. The van der Waals surface area contributed by atoms with Gasteiger partial charge in [-0.15, -0.1) is 0 Å². The Labute approximate surface area is 133 Å². The summed E-state index contributed by atoms with van der Waals surface area (Å²) in [4.78, 5) is 26.4. The van der Waals surface area contributed by atoms with E-state index in [2.05, 4.69) is 15.9 Å². The SMILES string of the molecule is CC(C)(C)OC(=O)[C@H]1CCCN1C(=O)c1cccc(Br)c1. The molecular weight excluding hydrogens is 334 g/mol. The Morgan fingerprint density at radius 1 is 1.33 bits per heavy atom. The van der Waals surface area contributed by atoms with E-state index in [1.165, 1.54) is 0 Å². The zero-order valence-corrected chi connectivity index (χ0v) is 14.1. The molecule has 0 unspecified atom stereocenters. The lowest BCUT2D eigenvalue weighted by molar-refractivity contribution is -0.159. The second-order valence-corrected chi connectivity index (χ2v) is 7.12. The summed E-state index contributed by atoms with van der Waals surface area (Å²) < 4.78 is 6.27. The largest absolute Gasteiger partial charge is 0.458 e. The number of carbonyl (C=O) groups excluding carboxylic acids is 2. The molecule has 0 saturated carbocycles. The van der Waals surface area contributed by atoms with E-state index in [1.807, 2.05) is 32.9 Å². The number of benzene rings is 1. The van der Waals surface area contributed by atoms with Crippen molar-refractivity contribution in [1.29, 1.82) is 0 Å². The lowest BCUT2D eigenvalue weighted by Gasteiger charge is -2.27. The lowest BCUT2D eigenvalue weighted by Crippen LogP contribution is -2.43. The minimum Gasteiger partial charge on any atom is -0.458 e. The molecule has 0 bridgehead atoms. The molecule has 0 spiro atoms. The van der Waals surface area contributed by atoms with Crippen LogP contribution in [-0.2, 0) is 9.53 Å². The van der Waals surface area contributed by atoms with Gasteiger partial charge < -0.3 is 9.64 Å². The van der Waals surface area contributed by atoms with Gasteiger partial charge in [0.2, 0.25) is 0 Å². The Balaban J connectivity index is 2.15.